The van der Waals surface area contributed by atoms with Crippen molar-refractivity contribution >= 4 is 6.09 Å². The van der Waals surface area contributed by atoms with E-state index in [0.29, 0.717) is 25.9 Å². The van der Waals surface area contributed by atoms with Crippen LogP contribution in [0.15, 0.2) is 0 Å². The van der Waals surface area contributed by atoms with Gasteiger partial charge in [0.25, 0.3) is 0 Å². The molecule has 0 radical (unpaired) electrons. The minimum atomic E-state index is -1.63. The Labute approximate surface area is 137 Å². The first kappa shape index (κ1) is 19.2. The summed E-state index contributed by atoms with van der Waals surface area (Å²) in [4.78, 5) is 13.4. The largest absolute Gasteiger partial charge is 1.00 e. The molecule has 0 aromatic rings. The molecule has 2 atom stereocenters. The third-order valence-electron chi connectivity index (χ3n) is 3.31. The van der Waals surface area contributed by atoms with Crippen molar-refractivity contribution in [3.05, 3.63) is 0 Å². The van der Waals surface area contributed by atoms with E-state index in [-0.39, 0.29) is 29.6 Å². The molecule has 1 heterocycles. The van der Waals surface area contributed by atoms with Crippen molar-refractivity contribution in [2.24, 2.45) is 5.41 Å². The molecule has 0 spiro atoms. The standard InChI is InChI=1S/C13H24NO4.Na/c1-5-6-13(10(15)16)7-8-14(9-13)11(17)18-12(2,3)4;/h10,15H,5-9H2,1-4H3;/q-1;+1/t10-,13-;/m0./s1. The Morgan fingerprint density at radius 3 is 2.53 bits per heavy atom. The molecule has 0 bridgehead atoms. The zero-order chi connectivity index (χ0) is 14.0. The van der Waals surface area contributed by atoms with Crippen molar-refractivity contribution in [2.75, 3.05) is 13.1 Å². The minimum absolute atomic E-state index is 0. The Kier molecular flexibility index (Phi) is 7.34. The number of ether oxygens (including phenoxy) is 1. The van der Waals surface area contributed by atoms with Crippen molar-refractivity contribution in [1.82, 2.24) is 4.90 Å². The summed E-state index contributed by atoms with van der Waals surface area (Å²) >= 11 is 0. The van der Waals surface area contributed by atoms with E-state index in [0.717, 1.165) is 6.42 Å². The Bertz CT molecular complexity index is 304. The molecular weight excluding hydrogens is 257 g/mol. The molecule has 1 saturated heterocycles. The molecule has 1 amide bonds. The van der Waals surface area contributed by atoms with Gasteiger partial charge in [0.05, 0.1) is 0 Å². The van der Waals surface area contributed by atoms with Crippen molar-refractivity contribution in [2.45, 2.75) is 58.8 Å². The van der Waals surface area contributed by atoms with Crippen LogP contribution in [0.5, 0.6) is 0 Å². The average Bonchev–Trinajstić information content (AvgIpc) is 2.61. The average molecular weight is 281 g/mol. The van der Waals surface area contributed by atoms with Crippen LogP contribution in [0.1, 0.15) is 47.0 Å². The van der Waals surface area contributed by atoms with E-state index in [2.05, 4.69) is 0 Å². The molecule has 1 N–H and O–H groups in total. The minimum Gasteiger partial charge on any atom is -0.831 e. The van der Waals surface area contributed by atoms with Gasteiger partial charge in [-0.15, -0.1) is 0 Å². The van der Waals surface area contributed by atoms with Gasteiger partial charge >= 0.3 is 35.7 Å². The van der Waals surface area contributed by atoms with Crippen LogP contribution in [0.4, 0.5) is 4.79 Å². The summed E-state index contributed by atoms with van der Waals surface area (Å²) in [6, 6.07) is 0. The van der Waals surface area contributed by atoms with Crippen molar-refractivity contribution < 1.29 is 49.3 Å². The molecule has 1 rings (SSSR count). The fraction of sp³-hybridized carbons (Fsp3) is 0.923. The molecule has 5 nitrogen and oxygen atoms in total. The van der Waals surface area contributed by atoms with Crippen LogP contribution in [0.25, 0.3) is 0 Å². The van der Waals surface area contributed by atoms with Gasteiger partial charge in [-0.3, -0.25) is 0 Å². The second kappa shape index (κ2) is 7.27. The van der Waals surface area contributed by atoms with E-state index in [4.69, 9.17) is 4.74 Å². The third-order valence-corrected chi connectivity index (χ3v) is 3.31. The van der Waals surface area contributed by atoms with Gasteiger partial charge < -0.3 is 19.8 Å². The molecule has 0 aromatic heterocycles. The Morgan fingerprint density at radius 1 is 1.53 bits per heavy atom. The predicted molar refractivity (Wildman–Crippen MR) is 65.8 cm³/mol. The van der Waals surface area contributed by atoms with Crippen LogP contribution in [-0.2, 0) is 4.74 Å². The summed E-state index contributed by atoms with van der Waals surface area (Å²) < 4.78 is 5.28. The molecule has 0 unspecified atom stereocenters. The SMILES string of the molecule is CCC[C@]1([C@H]([O-])O)CCN(C(=O)OC(C)(C)C)C1.[Na+]. The summed E-state index contributed by atoms with van der Waals surface area (Å²) in [5, 5.41) is 20.9. The summed E-state index contributed by atoms with van der Waals surface area (Å²) in [7, 11) is 0. The Balaban J connectivity index is 0.00000324. The van der Waals surface area contributed by atoms with Crippen LogP contribution >= 0.6 is 0 Å². The number of aliphatic hydroxyl groups excluding tert-OH is 1. The summed E-state index contributed by atoms with van der Waals surface area (Å²) in [6.45, 7) is 8.17. The third kappa shape index (κ3) is 5.23. The number of hydrogen-bond acceptors (Lipinski definition) is 4. The first-order valence-corrected chi connectivity index (χ1v) is 6.52. The quantitative estimate of drug-likeness (QED) is 0.484. The summed E-state index contributed by atoms with van der Waals surface area (Å²) in [6.07, 6.45) is -0.0330. The zero-order valence-electron chi connectivity index (χ0n) is 12.7. The van der Waals surface area contributed by atoms with Gasteiger partial charge in [0, 0.05) is 18.5 Å². The maximum absolute atomic E-state index is 11.9. The van der Waals surface area contributed by atoms with Gasteiger partial charge in [0.15, 0.2) is 0 Å². The summed E-state index contributed by atoms with van der Waals surface area (Å²) in [5.74, 6) is 0. The first-order chi connectivity index (χ1) is 8.20. The fourth-order valence-corrected chi connectivity index (χ4v) is 2.41. The fourth-order valence-electron chi connectivity index (χ4n) is 2.41. The van der Waals surface area contributed by atoms with Gasteiger partial charge in [-0.1, -0.05) is 13.3 Å². The molecule has 1 aliphatic rings. The topological polar surface area (TPSA) is 72.8 Å². The molecule has 19 heavy (non-hydrogen) atoms. The van der Waals surface area contributed by atoms with Crippen LogP contribution in [0, 0.1) is 5.41 Å². The normalized spacial score (nSPS) is 24.8. The van der Waals surface area contributed by atoms with Crippen LogP contribution in [0.2, 0.25) is 0 Å². The smallest absolute Gasteiger partial charge is 0.831 e. The van der Waals surface area contributed by atoms with Gasteiger partial charge in [-0.05, 0) is 39.9 Å². The van der Waals surface area contributed by atoms with E-state index in [9.17, 15) is 15.0 Å². The second-order valence-corrected chi connectivity index (χ2v) is 6.12. The molecule has 6 heteroatoms. The molecule has 1 aliphatic heterocycles. The molecule has 0 aromatic carbocycles. The molecule has 1 fully saturated rings. The number of likely N-dealkylation sites (tertiary alicyclic amines) is 1. The number of aliphatic hydroxyl groups is 1. The van der Waals surface area contributed by atoms with E-state index in [1.165, 1.54) is 4.90 Å². The zero-order valence-corrected chi connectivity index (χ0v) is 14.7. The van der Waals surface area contributed by atoms with Crippen molar-refractivity contribution in [3.8, 4) is 0 Å². The van der Waals surface area contributed by atoms with E-state index in [1.54, 1.807) is 0 Å². The Morgan fingerprint density at radius 2 is 2.11 bits per heavy atom. The molecule has 0 aliphatic carbocycles. The second-order valence-electron chi connectivity index (χ2n) is 6.12. The number of nitrogens with zero attached hydrogens (tertiary/aromatic N) is 1. The van der Waals surface area contributed by atoms with Gasteiger partial charge in [-0.25, -0.2) is 4.79 Å². The van der Waals surface area contributed by atoms with E-state index >= 15 is 0 Å². The first-order valence-electron chi connectivity index (χ1n) is 6.52. The number of amides is 1. The molecule has 106 valence electrons. The predicted octanol–water partition coefficient (Wildman–Crippen LogP) is -1.90. The van der Waals surface area contributed by atoms with Gasteiger partial charge in [0.1, 0.15) is 5.60 Å². The number of carbonyl (C=O) groups excluding carboxylic acids is 1. The van der Waals surface area contributed by atoms with Crippen molar-refractivity contribution in [1.29, 1.82) is 0 Å². The molecular formula is C13H24NNaO4. The number of rotatable bonds is 3. The van der Waals surface area contributed by atoms with Crippen molar-refractivity contribution in [3.63, 3.8) is 0 Å². The van der Waals surface area contributed by atoms with Crippen LogP contribution < -0.4 is 34.7 Å². The monoisotopic (exact) mass is 281 g/mol. The van der Waals surface area contributed by atoms with Crippen LogP contribution in [0.3, 0.4) is 0 Å². The maximum atomic E-state index is 11.9. The number of carbonyl (C=O) groups is 1. The van der Waals surface area contributed by atoms with E-state index < -0.39 is 23.4 Å². The van der Waals surface area contributed by atoms with Crippen LogP contribution in [-0.4, -0.2) is 41.1 Å². The Hall–Kier alpha value is 0.190. The molecule has 0 saturated carbocycles. The van der Waals surface area contributed by atoms with Gasteiger partial charge in [-0.2, -0.15) is 0 Å². The summed E-state index contributed by atoms with van der Waals surface area (Å²) in [5.41, 5.74) is -1.24. The van der Waals surface area contributed by atoms with E-state index in [1.807, 2.05) is 27.7 Å². The van der Waals surface area contributed by atoms with Gasteiger partial charge in [0.2, 0.25) is 0 Å². The maximum Gasteiger partial charge on any atom is 1.00 e. The number of hydrogen-bond donors (Lipinski definition) is 1.